The number of aryl methyl sites for hydroxylation is 1. The van der Waals surface area contributed by atoms with Gasteiger partial charge in [-0.15, -0.1) is 0 Å². The lowest BCUT2D eigenvalue weighted by Gasteiger charge is -2.07. The van der Waals surface area contributed by atoms with Crippen molar-refractivity contribution in [2.24, 2.45) is 0 Å². The lowest BCUT2D eigenvalue weighted by molar-refractivity contribution is -0.112. The molecule has 0 aliphatic carbocycles. The van der Waals surface area contributed by atoms with Crippen LogP contribution in [0.15, 0.2) is 64.8 Å². The number of benzene rings is 2. The minimum absolute atomic E-state index is 0.00571. The van der Waals surface area contributed by atoms with E-state index in [4.69, 9.17) is 5.26 Å². The van der Waals surface area contributed by atoms with Gasteiger partial charge in [-0.1, -0.05) is 34.1 Å². The molecule has 2 aromatic carbocycles. The summed E-state index contributed by atoms with van der Waals surface area (Å²) in [7, 11) is 0. The molecule has 2 rings (SSSR count). The van der Waals surface area contributed by atoms with Gasteiger partial charge in [0.1, 0.15) is 11.6 Å². The number of nitriles is 1. The highest BCUT2D eigenvalue weighted by Gasteiger charge is 2.10. The number of carbonyl (C=O) groups is 1. The Balaban J connectivity index is 2.09. The van der Waals surface area contributed by atoms with Crippen molar-refractivity contribution < 1.29 is 4.79 Å². The number of hydrogen-bond acceptors (Lipinski definition) is 3. The standard InChI is InChI=1S/C17H14BrN3O/c1-12-4-2-3-5-16(12)21-17(22)13(10-19)11-20-15-8-6-14(18)7-9-15/h2-9,11,20H,1H3,(H,21,22)/b13-11-. The second-order valence-corrected chi connectivity index (χ2v) is 5.51. The number of hydrogen-bond donors (Lipinski definition) is 2. The Morgan fingerprint density at radius 3 is 2.50 bits per heavy atom. The predicted molar refractivity (Wildman–Crippen MR) is 91.3 cm³/mol. The lowest BCUT2D eigenvalue weighted by Crippen LogP contribution is -2.15. The van der Waals surface area contributed by atoms with Crippen LogP contribution in [0, 0.1) is 18.3 Å². The zero-order valence-corrected chi connectivity index (χ0v) is 13.5. The zero-order chi connectivity index (χ0) is 15.9. The van der Waals surface area contributed by atoms with Crippen LogP contribution in [-0.4, -0.2) is 5.91 Å². The Hall–Kier alpha value is -2.58. The Bertz CT molecular complexity index is 745. The van der Waals surface area contributed by atoms with Crippen LogP contribution in [0.3, 0.4) is 0 Å². The summed E-state index contributed by atoms with van der Waals surface area (Å²) in [4.78, 5) is 12.1. The topological polar surface area (TPSA) is 64.9 Å². The molecule has 1 amide bonds. The minimum atomic E-state index is -0.443. The molecule has 0 aromatic heterocycles. The summed E-state index contributed by atoms with van der Waals surface area (Å²) in [5.74, 6) is -0.443. The van der Waals surface area contributed by atoms with E-state index in [9.17, 15) is 4.79 Å². The van der Waals surface area contributed by atoms with Crippen molar-refractivity contribution in [2.45, 2.75) is 6.92 Å². The number of anilines is 2. The van der Waals surface area contributed by atoms with E-state index in [1.807, 2.05) is 55.5 Å². The molecule has 5 heteroatoms. The number of carbonyl (C=O) groups excluding carboxylic acids is 1. The SMILES string of the molecule is Cc1ccccc1NC(=O)/C(C#N)=C\Nc1ccc(Br)cc1. The highest BCUT2D eigenvalue weighted by atomic mass is 79.9. The highest BCUT2D eigenvalue weighted by Crippen LogP contribution is 2.16. The normalized spacial score (nSPS) is 10.7. The van der Waals surface area contributed by atoms with Crippen LogP contribution in [0.4, 0.5) is 11.4 Å². The molecule has 0 heterocycles. The third-order valence-electron chi connectivity index (χ3n) is 2.99. The second-order valence-electron chi connectivity index (χ2n) is 4.59. The van der Waals surface area contributed by atoms with Gasteiger partial charge in [0.05, 0.1) is 0 Å². The van der Waals surface area contributed by atoms with Gasteiger partial charge in [-0.25, -0.2) is 0 Å². The van der Waals surface area contributed by atoms with Crippen LogP contribution in [0.5, 0.6) is 0 Å². The first-order valence-electron chi connectivity index (χ1n) is 6.59. The summed E-state index contributed by atoms with van der Waals surface area (Å²) in [5, 5.41) is 14.8. The minimum Gasteiger partial charge on any atom is -0.360 e. The third kappa shape index (κ3) is 4.21. The predicted octanol–water partition coefficient (Wildman–Crippen LogP) is 4.22. The quantitative estimate of drug-likeness (QED) is 0.637. The van der Waals surface area contributed by atoms with Gasteiger partial charge in [-0.05, 0) is 42.8 Å². The molecule has 0 saturated carbocycles. The van der Waals surface area contributed by atoms with Gasteiger partial charge in [0.2, 0.25) is 0 Å². The Morgan fingerprint density at radius 1 is 1.18 bits per heavy atom. The first-order chi connectivity index (χ1) is 10.6. The molecule has 0 bridgehead atoms. The molecule has 2 N–H and O–H groups in total. The van der Waals surface area contributed by atoms with E-state index in [1.165, 1.54) is 6.20 Å². The van der Waals surface area contributed by atoms with Gasteiger partial charge in [-0.2, -0.15) is 5.26 Å². The van der Waals surface area contributed by atoms with Gasteiger partial charge in [0.15, 0.2) is 0 Å². The molecule has 0 fully saturated rings. The number of nitrogens with one attached hydrogen (secondary N) is 2. The maximum Gasteiger partial charge on any atom is 0.267 e. The van der Waals surface area contributed by atoms with Gasteiger partial charge in [-0.3, -0.25) is 4.79 Å². The van der Waals surface area contributed by atoms with Gasteiger partial charge in [0.25, 0.3) is 5.91 Å². The summed E-state index contributed by atoms with van der Waals surface area (Å²) >= 11 is 3.35. The summed E-state index contributed by atoms with van der Waals surface area (Å²) in [6.07, 6.45) is 1.40. The van der Waals surface area contributed by atoms with Crippen molar-refractivity contribution >= 4 is 33.2 Å². The summed E-state index contributed by atoms with van der Waals surface area (Å²) < 4.78 is 0.958. The number of amides is 1. The van der Waals surface area contributed by atoms with Crippen LogP contribution < -0.4 is 10.6 Å². The van der Waals surface area contributed by atoms with Crippen LogP contribution >= 0.6 is 15.9 Å². The van der Waals surface area contributed by atoms with Gasteiger partial charge in [0, 0.05) is 22.0 Å². The molecule has 0 unspecified atom stereocenters. The van der Waals surface area contributed by atoms with E-state index in [0.717, 1.165) is 15.7 Å². The molecule has 110 valence electrons. The number of rotatable bonds is 4. The molecule has 0 radical (unpaired) electrons. The smallest absolute Gasteiger partial charge is 0.267 e. The van der Waals surface area contributed by atoms with Crippen LogP contribution in [0.2, 0.25) is 0 Å². The lowest BCUT2D eigenvalue weighted by atomic mass is 10.2. The van der Waals surface area contributed by atoms with Crippen LogP contribution in [0.1, 0.15) is 5.56 Å². The summed E-state index contributed by atoms with van der Waals surface area (Å²) in [6, 6.07) is 16.7. The van der Waals surface area contributed by atoms with E-state index in [0.29, 0.717) is 5.69 Å². The van der Waals surface area contributed by atoms with E-state index in [-0.39, 0.29) is 5.57 Å². The Morgan fingerprint density at radius 2 is 1.86 bits per heavy atom. The van der Waals surface area contributed by atoms with E-state index >= 15 is 0 Å². The van der Waals surface area contributed by atoms with Crippen molar-refractivity contribution in [3.05, 3.63) is 70.3 Å². The van der Waals surface area contributed by atoms with Crippen molar-refractivity contribution in [2.75, 3.05) is 10.6 Å². The fourth-order valence-corrected chi connectivity index (χ4v) is 2.02. The number of para-hydroxylation sites is 1. The Labute approximate surface area is 137 Å². The van der Waals surface area contributed by atoms with Gasteiger partial charge >= 0.3 is 0 Å². The van der Waals surface area contributed by atoms with Crippen LogP contribution in [0.25, 0.3) is 0 Å². The molecule has 0 spiro atoms. The van der Waals surface area contributed by atoms with E-state index < -0.39 is 5.91 Å². The molecule has 4 nitrogen and oxygen atoms in total. The van der Waals surface area contributed by atoms with E-state index in [1.54, 1.807) is 6.07 Å². The van der Waals surface area contributed by atoms with E-state index in [2.05, 4.69) is 26.6 Å². The number of nitrogens with zero attached hydrogens (tertiary/aromatic N) is 1. The molecule has 0 aliphatic rings. The molecule has 0 saturated heterocycles. The average molecular weight is 356 g/mol. The maximum atomic E-state index is 12.1. The fraction of sp³-hybridized carbons (Fsp3) is 0.0588. The summed E-state index contributed by atoms with van der Waals surface area (Å²) in [6.45, 7) is 1.89. The molecule has 22 heavy (non-hydrogen) atoms. The molecular formula is C17H14BrN3O. The summed E-state index contributed by atoms with van der Waals surface area (Å²) in [5.41, 5.74) is 2.43. The second kappa shape index (κ2) is 7.43. The first kappa shape index (κ1) is 15.8. The largest absolute Gasteiger partial charge is 0.360 e. The molecule has 2 aromatic rings. The zero-order valence-electron chi connectivity index (χ0n) is 11.9. The van der Waals surface area contributed by atoms with Crippen molar-refractivity contribution in [1.82, 2.24) is 0 Å². The number of halogens is 1. The molecule has 0 atom stereocenters. The van der Waals surface area contributed by atoms with Crippen molar-refractivity contribution in [1.29, 1.82) is 5.26 Å². The molecular weight excluding hydrogens is 342 g/mol. The van der Waals surface area contributed by atoms with Crippen LogP contribution in [-0.2, 0) is 4.79 Å². The third-order valence-corrected chi connectivity index (χ3v) is 3.51. The molecule has 0 aliphatic heterocycles. The first-order valence-corrected chi connectivity index (χ1v) is 7.39. The fourth-order valence-electron chi connectivity index (χ4n) is 1.75. The Kier molecular flexibility index (Phi) is 5.34. The van der Waals surface area contributed by atoms with Crippen molar-refractivity contribution in [3.63, 3.8) is 0 Å². The van der Waals surface area contributed by atoms with Crippen molar-refractivity contribution in [3.8, 4) is 6.07 Å². The maximum absolute atomic E-state index is 12.1. The average Bonchev–Trinajstić information content (AvgIpc) is 2.52. The monoisotopic (exact) mass is 355 g/mol. The highest BCUT2D eigenvalue weighted by molar-refractivity contribution is 9.10. The van der Waals surface area contributed by atoms with Gasteiger partial charge < -0.3 is 10.6 Å².